The largest absolute Gasteiger partial charge is 0.514 e. The Morgan fingerprint density at radius 2 is 1.89 bits per heavy atom. The predicted octanol–water partition coefficient (Wildman–Crippen LogP) is 4.29. The summed E-state index contributed by atoms with van der Waals surface area (Å²) in [6.45, 7) is 12.7. The minimum atomic E-state index is -0.730. The van der Waals surface area contributed by atoms with Crippen molar-refractivity contribution in [3.05, 3.63) is 42.5 Å². The molecule has 0 radical (unpaired) electrons. The molecule has 1 aromatic carbocycles. The Labute approximate surface area is 108 Å². The van der Waals surface area contributed by atoms with Crippen molar-refractivity contribution >= 4 is 18.3 Å². The lowest BCUT2D eigenvalue weighted by atomic mass is 10.1. The normalized spacial score (nSPS) is 10.6. The van der Waals surface area contributed by atoms with E-state index in [-0.39, 0.29) is 0 Å². The molecular formula is C15H18O3. The molecule has 1 aromatic rings. The number of hydrogen-bond acceptors (Lipinski definition) is 3. The molecule has 3 nitrogen and oxygen atoms in total. The van der Waals surface area contributed by atoms with Gasteiger partial charge in [0.05, 0.1) is 0 Å². The van der Waals surface area contributed by atoms with Gasteiger partial charge in [0, 0.05) is 5.56 Å². The Kier molecular flexibility index (Phi) is 4.32. The molecule has 0 saturated carbocycles. The summed E-state index contributed by atoms with van der Waals surface area (Å²) in [4.78, 5) is 11.6. The number of benzene rings is 1. The molecule has 0 unspecified atom stereocenters. The van der Waals surface area contributed by atoms with Crippen LogP contribution in [-0.4, -0.2) is 11.8 Å². The first-order chi connectivity index (χ1) is 8.37. The maximum Gasteiger partial charge on any atom is 0.514 e. The molecule has 0 spiro atoms. The molecule has 1 rings (SSSR count). The lowest BCUT2D eigenvalue weighted by Crippen LogP contribution is -2.26. The third-order valence-electron chi connectivity index (χ3n) is 2.11. The summed E-state index contributed by atoms with van der Waals surface area (Å²) in [5.74, 6) is 0.414. The van der Waals surface area contributed by atoms with E-state index < -0.39 is 11.8 Å². The fourth-order valence-corrected chi connectivity index (χ4v) is 1.41. The summed E-state index contributed by atoms with van der Waals surface area (Å²) < 4.78 is 10.3. The van der Waals surface area contributed by atoms with Gasteiger partial charge in [-0.1, -0.05) is 37.4 Å². The summed E-state index contributed by atoms with van der Waals surface area (Å²) in [5, 5.41) is 0. The lowest BCUT2D eigenvalue weighted by molar-refractivity contribution is 0.0206. The predicted molar refractivity (Wildman–Crippen MR) is 73.5 cm³/mol. The van der Waals surface area contributed by atoms with Crippen LogP contribution in [0.5, 0.6) is 5.75 Å². The molecule has 0 fully saturated rings. The molecule has 0 saturated heterocycles. The van der Waals surface area contributed by atoms with E-state index in [1.807, 2.05) is 6.07 Å². The zero-order valence-corrected chi connectivity index (χ0v) is 11.0. The summed E-state index contributed by atoms with van der Waals surface area (Å²) in [6, 6.07) is 5.34. The highest BCUT2D eigenvalue weighted by Gasteiger charge is 2.19. The Morgan fingerprint density at radius 3 is 2.39 bits per heavy atom. The highest BCUT2D eigenvalue weighted by Crippen LogP contribution is 2.25. The van der Waals surface area contributed by atoms with Gasteiger partial charge in [-0.25, -0.2) is 4.79 Å². The number of rotatable bonds is 3. The summed E-state index contributed by atoms with van der Waals surface area (Å²) in [6.07, 6.45) is 2.57. The molecule has 3 heteroatoms. The lowest BCUT2D eigenvalue weighted by Gasteiger charge is -2.19. The van der Waals surface area contributed by atoms with Gasteiger partial charge in [-0.2, -0.15) is 0 Å². The summed E-state index contributed by atoms with van der Waals surface area (Å²) in [7, 11) is 0. The fraction of sp³-hybridized carbons (Fsp3) is 0.267. The van der Waals surface area contributed by atoms with Crippen LogP contribution in [0, 0.1) is 0 Å². The number of carbonyl (C=O) groups is 1. The molecule has 0 aromatic heterocycles. The standard InChI is InChI=1S/C15H18O3/c1-6-11-9-8-10-13(12(11)7-2)17-14(16)18-15(3,4)5/h6-10H,1-2H2,3-5H3. The topological polar surface area (TPSA) is 35.5 Å². The van der Waals surface area contributed by atoms with Gasteiger partial charge in [0.1, 0.15) is 11.4 Å². The summed E-state index contributed by atoms with van der Waals surface area (Å²) >= 11 is 0. The first-order valence-electron chi connectivity index (χ1n) is 5.66. The van der Waals surface area contributed by atoms with Crippen LogP contribution in [0.25, 0.3) is 12.2 Å². The molecule has 0 bridgehead atoms. The van der Waals surface area contributed by atoms with E-state index in [2.05, 4.69) is 13.2 Å². The van der Waals surface area contributed by atoms with Gasteiger partial charge in [-0.3, -0.25) is 0 Å². The highest BCUT2D eigenvalue weighted by atomic mass is 16.7. The van der Waals surface area contributed by atoms with Crippen LogP contribution in [0.4, 0.5) is 4.79 Å². The maximum absolute atomic E-state index is 11.6. The van der Waals surface area contributed by atoms with Crippen molar-refractivity contribution in [3.8, 4) is 5.75 Å². The Bertz CT molecular complexity index is 467. The Morgan fingerprint density at radius 1 is 1.22 bits per heavy atom. The molecule has 0 atom stereocenters. The van der Waals surface area contributed by atoms with Gasteiger partial charge in [0.25, 0.3) is 0 Å². The Balaban J connectivity index is 2.94. The SMILES string of the molecule is C=Cc1cccc(OC(=O)OC(C)(C)C)c1C=C. The molecule has 0 aliphatic carbocycles. The second kappa shape index (κ2) is 5.54. The van der Waals surface area contributed by atoms with E-state index in [0.717, 1.165) is 11.1 Å². The van der Waals surface area contributed by atoms with Gasteiger partial charge in [-0.15, -0.1) is 0 Å². The average Bonchev–Trinajstić information content (AvgIpc) is 2.25. The number of hydrogen-bond donors (Lipinski definition) is 0. The monoisotopic (exact) mass is 246 g/mol. The Hall–Kier alpha value is -2.03. The molecular weight excluding hydrogens is 228 g/mol. The van der Waals surface area contributed by atoms with E-state index >= 15 is 0 Å². The quantitative estimate of drug-likeness (QED) is 0.589. The fourth-order valence-electron chi connectivity index (χ4n) is 1.41. The van der Waals surface area contributed by atoms with Crippen LogP contribution in [-0.2, 0) is 4.74 Å². The van der Waals surface area contributed by atoms with E-state index in [9.17, 15) is 4.79 Å². The van der Waals surface area contributed by atoms with E-state index in [4.69, 9.17) is 9.47 Å². The third kappa shape index (κ3) is 3.77. The number of carbonyl (C=O) groups excluding carboxylic acids is 1. The smallest absolute Gasteiger partial charge is 0.428 e. The van der Waals surface area contributed by atoms with Crippen LogP contribution in [0.1, 0.15) is 31.9 Å². The molecule has 0 aliphatic heterocycles. The first kappa shape index (κ1) is 14.0. The average molecular weight is 246 g/mol. The zero-order chi connectivity index (χ0) is 13.8. The molecule has 0 heterocycles. The summed E-state index contributed by atoms with van der Waals surface area (Å²) in [5.41, 5.74) is 0.992. The van der Waals surface area contributed by atoms with Gasteiger partial charge in [-0.05, 0) is 32.4 Å². The second-order valence-corrected chi connectivity index (χ2v) is 4.73. The second-order valence-electron chi connectivity index (χ2n) is 4.73. The minimum Gasteiger partial charge on any atom is -0.428 e. The molecule has 0 aliphatic rings. The first-order valence-corrected chi connectivity index (χ1v) is 5.66. The molecule has 0 amide bonds. The third-order valence-corrected chi connectivity index (χ3v) is 2.11. The molecule has 96 valence electrons. The number of ether oxygens (including phenoxy) is 2. The van der Waals surface area contributed by atoms with Crippen molar-refractivity contribution in [2.75, 3.05) is 0 Å². The van der Waals surface area contributed by atoms with E-state index in [1.165, 1.54) is 0 Å². The van der Waals surface area contributed by atoms with Crippen LogP contribution < -0.4 is 4.74 Å². The molecule has 0 N–H and O–H groups in total. The van der Waals surface area contributed by atoms with Crippen LogP contribution in [0.3, 0.4) is 0 Å². The zero-order valence-electron chi connectivity index (χ0n) is 11.0. The minimum absolute atomic E-state index is 0.414. The van der Waals surface area contributed by atoms with Gasteiger partial charge in [0.15, 0.2) is 0 Å². The van der Waals surface area contributed by atoms with Gasteiger partial charge < -0.3 is 9.47 Å². The maximum atomic E-state index is 11.6. The van der Waals surface area contributed by atoms with Crippen LogP contribution >= 0.6 is 0 Å². The van der Waals surface area contributed by atoms with Crippen LogP contribution in [0.2, 0.25) is 0 Å². The van der Waals surface area contributed by atoms with Gasteiger partial charge >= 0.3 is 6.16 Å². The van der Waals surface area contributed by atoms with E-state index in [1.54, 1.807) is 45.1 Å². The van der Waals surface area contributed by atoms with Crippen molar-refractivity contribution in [1.29, 1.82) is 0 Å². The van der Waals surface area contributed by atoms with Gasteiger partial charge in [0.2, 0.25) is 0 Å². The van der Waals surface area contributed by atoms with Crippen molar-refractivity contribution in [3.63, 3.8) is 0 Å². The van der Waals surface area contributed by atoms with Crippen LogP contribution in [0.15, 0.2) is 31.4 Å². The van der Waals surface area contributed by atoms with Crippen molar-refractivity contribution < 1.29 is 14.3 Å². The van der Waals surface area contributed by atoms with Crippen molar-refractivity contribution in [1.82, 2.24) is 0 Å². The molecule has 18 heavy (non-hydrogen) atoms. The van der Waals surface area contributed by atoms with Crippen molar-refractivity contribution in [2.24, 2.45) is 0 Å². The van der Waals surface area contributed by atoms with E-state index in [0.29, 0.717) is 5.75 Å². The highest BCUT2D eigenvalue weighted by molar-refractivity contribution is 5.73. The van der Waals surface area contributed by atoms with Crippen molar-refractivity contribution in [2.45, 2.75) is 26.4 Å².